The maximum atomic E-state index is 11.7. The number of fused-ring (bicyclic) bond motifs is 1. The van der Waals surface area contributed by atoms with Gasteiger partial charge in [0.15, 0.2) is 0 Å². The number of esters is 1. The van der Waals surface area contributed by atoms with Crippen molar-refractivity contribution in [3.8, 4) is 0 Å². The Labute approximate surface area is 120 Å². The number of para-hydroxylation sites is 1. The molecule has 0 saturated carbocycles. The molecule has 21 heavy (non-hydrogen) atoms. The number of hydrogen-bond acceptors (Lipinski definition) is 6. The molecule has 0 bridgehead atoms. The van der Waals surface area contributed by atoms with Crippen LogP contribution in [0.2, 0.25) is 0 Å². The van der Waals surface area contributed by atoms with Crippen LogP contribution in [0.25, 0.3) is 10.9 Å². The first-order valence-electron chi connectivity index (χ1n) is 6.56. The summed E-state index contributed by atoms with van der Waals surface area (Å²) < 4.78 is 6.30. The maximum absolute atomic E-state index is 11.7. The predicted octanol–water partition coefficient (Wildman–Crippen LogP) is 1.45. The van der Waals surface area contributed by atoms with Crippen LogP contribution >= 0.6 is 0 Å². The second kappa shape index (κ2) is 5.66. The second-order valence-corrected chi connectivity index (χ2v) is 4.38. The Morgan fingerprint density at radius 1 is 1.24 bits per heavy atom. The van der Waals surface area contributed by atoms with Crippen LogP contribution in [0.15, 0.2) is 36.4 Å². The Kier molecular flexibility index (Phi) is 3.55. The molecule has 7 heteroatoms. The van der Waals surface area contributed by atoms with Crippen LogP contribution in [-0.2, 0) is 11.3 Å². The average molecular weight is 283 g/mol. The number of rotatable bonds is 4. The molecule has 0 aliphatic heterocycles. The summed E-state index contributed by atoms with van der Waals surface area (Å²) >= 11 is 0. The van der Waals surface area contributed by atoms with Gasteiger partial charge in [0, 0.05) is 5.39 Å². The summed E-state index contributed by atoms with van der Waals surface area (Å²) in [6.45, 7) is 2.32. The first-order valence-corrected chi connectivity index (χ1v) is 6.56. The fourth-order valence-electron chi connectivity index (χ4n) is 2.00. The molecule has 1 aromatic carbocycles. The van der Waals surface area contributed by atoms with Gasteiger partial charge < -0.3 is 4.74 Å². The molecule has 106 valence electrons. The van der Waals surface area contributed by atoms with E-state index in [2.05, 4.69) is 20.5 Å². The number of aromatic nitrogens is 5. The lowest BCUT2D eigenvalue weighted by atomic mass is 10.2. The zero-order valence-corrected chi connectivity index (χ0v) is 11.4. The number of hydrogen-bond donors (Lipinski definition) is 0. The van der Waals surface area contributed by atoms with Crippen LogP contribution in [-0.4, -0.2) is 37.8 Å². The fraction of sp³-hybridized carbons (Fsp3) is 0.214. The van der Waals surface area contributed by atoms with Crippen molar-refractivity contribution in [2.45, 2.75) is 13.5 Å². The van der Waals surface area contributed by atoms with E-state index in [9.17, 15) is 4.79 Å². The van der Waals surface area contributed by atoms with Gasteiger partial charge in [0.1, 0.15) is 0 Å². The second-order valence-electron chi connectivity index (χ2n) is 4.38. The first kappa shape index (κ1) is 13.2. The van der Waals surface area contributed by atoms with Crippen molar-refractivity contribution in [2.24, 2.45) is 0 Å². The molecule has 0 fully saturated rings. The normalized spacial score (nSPS) is 10.7. The van der Waals surface area contributed by atoms with Crippen LogP contribution in [0, 0.1) is 0 Å². The summed E-state index contributed by atoms with van der Waals surface area (Å²) in [4.78, 5) is 16.3. The monoisotopic (exact) mass is 283 g/mol. The predicted molar refractivity (Wildman–Crippen MR) is 74.6 cm³/mol. The van der Waals surface area contributed by atoms with Crippen LogP contribution in [0.1, 0.15) is 23.2 Å². The fourth-order valence-corrected chi connectivity index (χ4v) is 2.00. The van der Waals surface area contributed by atoms with Crippen molar-refractivity contribution in [2.75, 3.05) is 6.61 Å². The molecule has 2 aromatic heterocycles. The summed E-state index contributed by atoms with van der Waals surface area (Å²) in [5.41, 5.74) is 1.66. The van der Waals surface area contributed by atoms with Crippen molar-refractivity contribution in [3.63, 3.8) is 0 Å². The van der Waals surface area contributed by atoms with E-state index in [0.29, 0.717) is 6.54 Å². The van der Waals surface area contributed by atoms with E-state index in [1.165, 1.54) is 4.68 Å². The molecule has 3 aromatic rings. The molecule has 0 saturated heterocycles. The van der Waals surface area contributed by atoms with Crippen molar-refractivity contribution < 1.29 is 9.53 Å². The first-order chi connectivity index (χ1) is 10.3. The standard InChI is InChI=1S/C14H13N5O2/c1-2-21-14(20)13-16-17-18-19(13)9-11-8-7-10-5-3-4-6-12(10)15-11/h3-8H,2,9H2,1H3. The van der Waals surface area contributed by atoms with Gasteiger partial charge in [-0.2, -0.15) is 0 Å². The number of carbonyl (C=O) groups is 1. The Balaban J connectivity index is 1.88. The van der Waals surface area contributed by atoms with Gasteiger partial charge >= 0.3 is 5.97 Å². The largest absolute Gasteiger partial charge is 0.460 e. The molecule has 3 rings (SSSR count). The number of pyridine rings is 1. The van der Waals surface area contributed by atoms with E-state index in [0.717, 1.165) is 16.6 Å². The number of benzene rings is 1. The Hall–Kier alpha value is -2.83. The minimum Gasteiger partial charge on any atom is -0.460 e. The molecule has 7 nitrogen and oxygen atoms in total. The van der Waals surface area contributed by atoms with E-state index >= 15 is 0 Å². The van der Waals surface area contributed by atoms with Crippen molar-refractivity contribution in [1.82, 2.24) is 25.2 Å². The zero-order valence-electron chi connectivity index (χ0n) is 11.4. The van der Waals surface area contributed by atoms with Crippen LogP contribution < -0.4 is 0 Å². The van der Waals surface area contributed by atoms with Gasteiger partial charge in [0.25, 0.3) is 5.82 Å². The van der Waals surface area contributed by atoms with Gasteiger partial charge in [-0.3, -0.25) is 4.98 Å². The number of tetrazole rings is 1. The molecule has 0 amide bonds. The molecule has 0 atom stereocenters. The number of carbonyl (C=O) groups excluding carboxylic acids is 1. The van der Waals surface area contributed by atoms with E-state index in [1.54, 1.807) is 6.92 Å². The number of nitrogens with zero attached hydrogens (tertiary/aromatic N) is 5. The Bertz CT molecular complexity index is 784. The zero-order chi connectivity index (χ0) is 14.7. The van der Waals surface area contributed by atoms with Gasteiger partial charge in [-0.05, 0) is 29.5 Å². The molecular weight excluding hydrogens is 270 g/mol. The van der Waals surface area contributed by atoms with Gasteiger partial charge in [0.05, 0.1) is 24.4 Å². The van der Waals surface area contributed by atoms with Gasteiger partial charge in [-0.25, -0.2) is 9.48 Å². The highest BCUT2D eigenvalue weighted by Crippen LogP contribution is 2.12. The molecule has 0 radical (unpaired) electrons. The highest BCUT2D eigenvalue weighted by Gasteiger charge is 2.17. The van der Waals surface area contributed by atoms with Crippen LogP contribution in [0.5, 0.6) is 0 Å². The summed E-state index contributed by atoms with van der Waals surface area (Å²) in [5.74, 6) is -0.463. The van der Waals surface area contributed by atoms with Gasteiger partial charge in [-0.1, -0.05) is 24.3 Å². The van der Waals surface area contributed by atoms with Crippen molar-refractivity contribution in [3.05, 3.63) is 47.9 Å². The van der Waals surface area contributed by atoms with E-state index in [-0.39, 0.29) is 12.4 Å². The highest BCUT2D eigenvalue weighted by atomic mass is 16.5. The third kappa shape index (κ3) is 2.71. The molecular formula is C14H13N5O2. The van der Waals surface area contributed by atoms with E-state index in [1.807, 2.05) is 36.4 Å². The van der Waals surface area contributed by atoms with Gasteiger partial charge in [0.2, 0.25) is 0 Å². The van der Waals surface area contributed by atoms with Crippen molar-refractivity contribution >= 4 is 16.9 Å². The lowest BCUT2D eigenvalue weighted by Gasteiger charge is -2.05. The third-order valence-electron chi connectivity index (χ3n) is 2.96. The SMILES string of the molecule is CCOC(=O)c1nnnn1Cc1ccc2ccccc2n1. The van der Waals surface area contributed by atoms with Crippen LogP contribution in [0.3, 0.4) is 0 Å². The van der Waals surface area contributed by atoms with E-state index < -0.39 is 5.97 Å². The van der Waals surface area contributed by atoms with Gasteiger partial charge in [-0.15, -0.1) is 5.10 Å². The number of ether oxygens (including phenoxy) is 1. The molecule has 0 unspecified atom stereocenters. The molecule has 2 heterocycles. The third-order valence-corrected chi connectivity index (χ3v) is 2.96. The highest BCUT2D eigenvalue weighted by molar-refractivity contribution is 5.85. The minimum absolute atomic E-state index is 0.0757. The topological polar surface area (TPSA) is 82.8 Å². The average Bonchev–Trinajstić information content (AvgIpc) is 2.95. The molecule has 0 spiro atoms. The Morgan fingerprint density at radius 2 is 2.10 bits per heavy atom. The van der Waals surface area contributed by atoms with Crippen molar-refractivity contribution in [1.29, 1.82) is 0 Å². The molecule has 0 N–H and O–H groups in total. The smallest absolute Gasteiger partial charge is 0.378 e. The summed E-state index contributed by atoms with van der Waals surface area (Å²) in [6, 6.07) is 11.7. The summed E-state index contributed by atoms with van der Waals surface area (Å²) in [7, 11) is 0. The molecule has 0 aliphatic carbocycles. The van der Waals surface area contributed by atoms with E-state index in [4.69, 9.17) is 4.74 Å². The van der Waals surface area contributed by atoms with Crippen LogP contribution in [0.4, 0.5) is 0 Å². The maximum Gasteiger partial charge on any atom is 0.378 e. The minimum atomic E-state index is -0.539. The summed E-state index contributed by atoms with van der Waals surface area (Å²) in [5, 5.41) is 12.1. The quantitative estimate of drug-likeness (QED) is 0.674. The summed E-state index contributed by atoms with van der Waals surface area (Å²) in [6.07, 6.45) is 0. The lowest BCUT2D eigenvalue weighted by Crippen LogP contribution is -2.15. The lowest BCUT2D eigenvalue weighted by molar-refractivity contribution is 0.0505. The molecule has 0 aliphatic rings. The Morgan fingerprint density at radius 3 is 2.95 bits per heavy atom.